The van der Waals surface area contributed by atoms with Crippen LogP contribution in [0.1, 0.15) is 5.89 Å². The molecule has 0 bridgehead atoms. The summed E-state index contributed by atoms with van der Waals surface area (Å²) < 4.78 is 5.07. The first-order chi connectivity index (χ1) is 5.86. The zero-order valence-corrected chi connectivity index (χ0v) is 6.69. The van der Waals surface area contributed by atoms with Crippen LogP contribution in [-0.4, -0.2) is 9.97 Å². The van der Waals surface area contributed by atoms with Crippen molar-refractivity contribution < 1.29 is 4.42 Å². The highest BCUT2D eigenvalue weighted by molar-refractivity contribution is 5.51. The van der Waals surface area contributed by atoms with Gasteiger partial charge < -0.3 is 4.42 Å². The van der Waals surface area contributed by atoms with Gasteiger partial charge in [-0.2, -0.15) is 0 Å². The Morgan fingerprint density at radius 2 is 2.17 bits per heavy atom. The molecule has 0 fully saturated rings. The van der Waals surface area contributed by atoms with Gasteiger partial charge in [0, 0.05) is 13.1 Å². The predicted molar refractivity (Wildman–Crippen MR) is 44.5 cm³/mol. The molecule has 0 aliphatic carbocycles. The molecule has 0 radical (unpaired) electrons. The normalized spacial score (nSPS) is 10.1. The second-order valence-corrected chi connectivity index (χ2v) is 2.47. The van der Waals surface area contributed by atoms with Crippen LogP contribution in [0.15, 0.2) is 35.1 Å². The molecule has 0 aliphatic heterocycles. The molecule has 3 heteroatoms. The number of hydrogen-bond acceptors (Lipinski definition) is 3. The maximum atomic E-state index is 5.07. The van der Waals surface area contributed by atoms with Gasteiger partial charge in [-0.15, -0.1) is 0 Å². The minimum Gasteiger partial charge on any atom is -0.449 e. The van der Waals surface area contributed by atoms with Crippen molar-refractivity contribution in [1.29, 1.82) is 0 Å². The average Bonchev–Trinajstić information content (AvgIpc) is 2.54. The Bertz CT molecular complexity index is 367. The lowest BCUT2D eigenvalue weighted by atomic mass is 10.3. The van der Waals surface area contributed by atoms with Gasteiger partial charge in [0.1, 0.15) is 12.0 Å². The van der Waals surface area contributed by atoms with Crippen LogP contribution in [0.2, 0.25) is 0 Å². The zero-order valence-electron chi connectivity index (χ0n) is 6.69. The summed E-state index contributed by atoms with van der Waals surface area (Å²) >= 11 is 0. The average molecular weight is 160 g/mol. The molecule has 0 aromatic carbocycles. The smallest absolute Gasteiger partial charge is 0.191 e. The highest BCUT2D eigenvalue weighted by atomic mass is 16.3. The van der Waals surface area contributed by atoms with Gasteiger partial charge in [0.2, 0.25) is 0 Å². The van der Waals surface area contributed by atoms with Crippen molar-refractivity contribution in [2.45, 2.75) is 6.92 Å². The summed E-state index contributed by atoms with van der Waals surface area (Å²) in [5.41, 5.74) is 1.63. The van der Waals surface area contributed by atoms with Gasteiger partial charge in [-0.25, -0.2) is 4.98 Å². The first-order valence-corrected chi connectivity index (χ1v) is 3.70. The molecule has 0 spiro atoms. The fourth-order valence-electron chi connectivity index (χ4n) is 0.995. The highest BCUT2D eigenvalue weighted by Crippen LogP contribution is 2.14. The van der Waals surface area contributed by atoms with E-state index in [4.69, 9.17) is 4.42 Å². The van der Waals surface area contributed by atoms with Crippen LogP contribution in [0.3, 0.4) is 0 Å². The molecule has 0 amide bonds. The van der Waals surface area contributed by atoms with E-state index in [2.05, 4.69) is 9.97 Å². The van der Waals surface area contributed by atoms with Crippen molar-refractivity contribution in [2.75, 3.05) is 0 Å². The number of rotatable bonds is 1. The third kappa shape index (κ3) is 1.21. The summed E-state index contributed by atoms with van der Waals surface area (Å²) in [5, 5.41) is 0. The molecule has 12 heavy (non-hydrogen) atoms. The molecule has 60 valence electrons. The Labute approximate surface area is 70.1 Å². The molecule has 3 nitrogen and oxygen atoms in total. The summed E-state index contributed by atoms with van der Waals surface area (Å²) in [7, 11) is 0. The molecule has 0 saturated heterocycles. The first-order valence-electron chi connectivity index (χ1n) is 3.70. The van der Waals surface area contributed by atoms with Crippen LogP contribution in [0.4, 0.5) is 0 Å². The number of aryl methyl sites for hydroxylation is 1. The lowest BCUT2D eigenvalue weighted by Crippen LogP contribution is -1.80. The SMILES string of the molecule is Cc1nc(-c2ccccn2)co1. The van der Waals surface area contributed by atoms with Crippen molar-refractivity contribution in [3.63, 3.8) is 0 Å². The standard InChI is InChI=1S/C9H8N2O/c1-7-11-9(6-12-7)8-4-2-3-5-10-8/h2-6H,1H3. The summed E-state index contributed by atoms with van der Waals surface area (Å²) in [6.45, 7) is 1.81. The molecule has 2 aromatic heterocycles. The fourth-order valence-corrected chi connectivity index (χ4v) is 0.995. The maximum absolute atomic E-state index is 5.07. The molecule has 0 atom stereocenters. The largest absolute Gasteiger partial charge is 0.449 e. The van der Waals surface area contributed by atoms with Crippen LogP contribution in [0.25, 0.3) is 11.4 Å². The van der Waals surface area contributed by atoms with E-state index in [1.807, 2.05) is 25.1 Å². The number of nitrogens with zero attached hydrogens (tertiary/aromatic N) is 2. The number of oxazole rings is 1. The topological polar surface area (TPSA) is 38.9 Å². The van der Waals surface area contributed by atoms with Crippen LogP contribution >= 0.6 is 0 Å². The Morgan fingerprint density at radius 1 is 1.25 bits per heavy atom. The van der Waals surface area contributed by atoms with Gasteiger partial charge in [-0.1, -0.05) is 6.07 Å². The van der Waals surface area contributed by atoms with Crippen LogP contribution in [0.5, 0.6) is 0 Å². The molecule has 0 unspecified atom stereocenters. The molecular formula is C9H8N2O. The van der Waals surface area contributed by atoms with Crippen molar-refractivity contribution in [3.05, 3.63) is 36.5 Å². The maximum Gasteiger partial charge on any atom is 0.191 e. The van der Waals surface area contributed by atoms with Gasteiger partial charge in [-0.3, -0.25) is 4.98 Å². The van der Waals surface area contributed by atoms with E-state index in [1.54, 1.807) is 12.5 Å². The lowest BCUT2D eigenvalue weighted by molar-refractivity contribution is 0.521. The molecule has 0 N–H and O–H groups in total. The molecule has 2 aromatic rings. The van der Waals surface area contributed by atoms with Crippen molar-refractivity contribution >= 4 is 0 Å². The summed E-state index contributed by atoms with van der Waals surface area (Å²) in [6.07, 6.45) is 3.34. The van der Waals surface area contributed by atoms with Gasteiger partial charge in [0.05, 0.1) is 5.69 Å². The van der Waals surface area contributed by atoms with E-state index in [1.165, 1.54) is 0 Å². The first kappa shape index (κ1) is 7.03. The third-order valence-corrected chi connectivity index (χ3v) is 1.55. The van der Waals surface area contributed by atoms with E-state index in [-0.39, 0.29) is 0 Å². The van der Waals surface area contributed by atoms with E-state index in [0.717, 1.165) is 11.4 Å². The lowest BCUT2D eigenvalue weighted by Gasteiger charge is -1.90. The summed E-state index contributed by atoms with van der Waals surface area (Å²) in [5.74, 6) is 0.663. The van der Waals surface area contributed by atoms with Gasteiger partial charge >= 0.3 is 0 Å². The molecule has 0 aliphatic rings. The van der Waals surface area contributed by atoms with Crippen molar-refractivity contribution in [2.24, 2.45) is 0 Å². The zero-order chi connectivity index (χ0) is 8.39. The molecular weight excluding hydrogens is 152 g/mol. The van der Waals surface area contributed by atoms with Crippen molar-refractivity contribution in [3.8, 4) is 11.4 Å². The second-order valence-electron chi connectivity index (χ2n) is 2.47. The van der Waals surface area contributed by atoms with Gasteiger partial charge in [0.15, 0.2) is 5.89 Å². The molecule has 2 heterocycles. The van der Waals surface area contributed by atoms with Crippen LogP contribution < -0.4 is 0 Å². The Kier molecular flexibility index (Phi) is 1.63. The third-order valence-electron chi connectivity index (χ3n) is 1.55. The molecule has 2 rings (SSSR count). The van der Waals surface area contributed by atoms with Gasteiger partial charge in [0.25, 0.3) is 0 Å². The Balaban J connectivity index is 2.45. The fraction of sp³-hybridized carbons (Fsp3) is 0.111. The number of hydrogen-bond donors (Lipinski definition) is 0. The number of pyridine rings is 1. The van der Waals surface area contributed by atoms with Crippen molar-refractivity contribution in [1.82, 2.24) is 9.97 Å². The van der Waals surface area contributed by atoms with Crippen LogP contribution in [0, 0.1) is 6.92 Å². The summed E-state index contributed by atoms with van der Waals surface area (Å²) in [6, 6.07) is 5.69. The van der Waals surface area contributed by atoms with E-state index in [0.29, 0.717) is 5.89 Å². The van der Waals surface area contributed by atoms with Crippen LogP contribution in [-0.2, 0) is 0 Å². The molecule has 0 saturated carbocycles. The van der Waals surface area contributed by atoms with E-state index < -0.39 is 0 Å². The Morgan fingerprint density at radius 3 is 2.75 bits per heavy atom. The quantitative estimate of drug-likeness (QED) is 0.640. The minimum atomic E-state index is 0.663. The second kappa shape index (κ2) is 2.77. The predicted octanol–water partition coefficient (Wildman–Crippen LogP) is 2.05. The number of aromatic nitrogens is 2. The highest BCUT2D eigenvalue weighted by Gasteiger charge is 2.02. The van der Waals surface area contributed by atoms with E-state index >= 15 is 0 Å². The van der Waals surface area contributed by atoms with Gasteiger partial charge in [-0.05, 0) is 12.1 Å². The van der Waals surface area contributed by atoms with E-state index in [9.17, 15) is 0 Å². The summed E-state index contributed by atoms with van der Waals surface area (Å²) in [4.78, 5) is 8.29. The Hall–Kier alpha value is -1.64. The minimum absolute atomic E-state index is 0.663. The monoisotopic (exact) mass is 160 g/mol.